The number of aromatic hydroxyl groups is 1. The van der Waals surface area contributed by atoms with E-state index in [4.69, 9.17) is 0 Å². The lowest BCUT2D eigenvalue weighted by Gasteiger charge is -2.13. The van der Waals surface area contributed by atoms with Crippen LogP contribution in [0.15, 0.2) is 59.5 Å². The number of sulfonamides is 1. The summed E-state index contributed by atoms with van der Waals surface area (Å²) >= 11 is 0. The van der Waals surface area contributed by atoms with Crippen LogP contribution in [0, 0.1) is 0 Å². The van der Waals surface area contributed by atoms with Gasteiger partial charge in [-0.15, -0.1) is 0 Å². The van der Waals surface area contributed by atoms with Gasteiger partial charge in [0.1, 0.15) is 5.75 Å². The molecule has 3 N–H and O–H groups in total. The Balaban J connectivity index is 2.20. The molecule has 0 aliphatic rings. The van der Waals surface area contributed by atoms with Gasteiger partial charge in [-0.2, -0.15) is 0 Å². The van der Waals surface area contributed by atoms with Crippen molar-refractivity contribution in [1.82, 2.24) is 0 Å². The van der Waals surface area contributed by atoms with Gasteiger partial charge < -0.3 is 10.4 Å². The van der Waals surface area contributed by atoms with Crippen molar-refractivity contribution in [3.8, 4) is 5.75 Å². The lowest BCUT2D eigenvalue weighted by atomic mass is 9.99. The molecule has 0 heterocycles. The molecule has 2 aromatic carbocycles. The van der Waals surface area contributed by atoms with Gasteiger partial charge in [0, 0.05) is 17.3 Å². The van der Waals surface area contributed by atoms with Gasteiger partial charge in [-0.25, -0.2) is 8.42 Å². The molecule has 1 atom stereocenters. The molecule has 0 radical (unpaired) electrons. The van der Waals surface area contributed by atoms with Crippen LogP contribution in [0.25, 0.3) is 0 Å². The van der Waals surface area contributed by atoms with Crippen LogP contribution in [-0.2, 0) is 14.8 Å². The predicted molar refractivity (Wildman–Crippen MR) is 108 cm³/mol. The molecule has 2 rings (SSSR count). The summed E-state index contributed by atoms with van der Waals surface area (Å²) in [4.78, 5) is 11.7. The molecular formula is C20H24N2O4S. The summed E-state index contributed by atoms with van der Waals surface area (Å²) in [5.74, 6) is -0.334. The Morgan fingerprint density at radius 3 is 2.33 bits per heavy atom. The molecule has 0 spiro atoms. The van der Waals surface area contributed by atoms with E-state index >= 15 is 0 Å². The fraction of sp³-hybridized carbons (Fsp3) is 0.250. The maximum absolute atomic E-state index is 12.6. The molecule has 0 aliphatic carbocycles. The van der Waals surface area contributed by atoms with Gasteiger partial charge >= 0.3 is 0 Å². The van der Waals surface area contributed by atoms with Gasteiger partial charge in [0.25, 0.3) is 15.9 Å². The zero-order valence-electron chi connectivity index (χ0n) is 15.6. The van der Waals surface area contributed by atoms with Crippen LogP contribution in [0.3, 0.4) is 0 Å². The fourth-order valence-electron chi connectivity index (χ4n) is 2.35. The van der Waals surface area contributed by atoms with Crippen LogP contribution in [0.1, 0.15) is 38.7 Å². The minimum absolute atomic E-state index is 0.0225. The highest BCUT2D eigenvalue weighted by atomic mass is 32.2. The summed E-state index contributed by atoms with van der Waals surface area (Å²) in [5, 5.41) is 12.7. The highest BCUT2D eigenvalue weighted by Crippen LogP contribution is 2.29. The molecule has 0 aromatic heterocycles. The first-order valence-electron chi connectivity index (χ1n) is 8.56. The lowest BCUT2D eigenvalue weighted by molar-refractivity contribution is -0.112. The van der Waals surface area contributed by atoms with Crippen molar-refractivity contribution in [3.63, 3.8) is 0 Å². The Labute approximate surface area is 160 Å². The molecule has 0 bridgehead atoms. The maximum Gasteiger partial charge on any atom is 0.262 e. The molecular weight excluding hydrogens is 364 g/mol. The topological polar surface area (TPSA) is 95.5 Å². The second-order valence-corrected chi connectivity index (χ2v) is 8.13. The molecule has 7 heteroatoms. The normalized spacial score (nSPS) is 12.3. The Morgan fingerprint density at radius 1 is 1.19 bits per heavy atom. The zero-order chi connectivity index (χ0) is 20.2. The molecule has 6 nitrogen and oxygen atoms in total. The van der Waals surface area contributed by atoms with Crippen molar-refractivity contribution in [1.29, 1.82) is 0 Å². The van der Waals surface area contributed by atoms with E-state index < -0.39 is 10.0 Å². The van der Waals surface area contributed by atoms with Gasteiger partial charge in [-0.1, -0.05) is 32.6 Å². The van der Waals surface area contributed by atoms with E-state index in [2.05, 4.69) is 30.5 Å². The number of carbonyl (C=O) groups is 1. The third-order valence-electron chi connectivity index (χ3n) is 4.26. The monoisotopic (exact) mass is 388 g/mol. The minimum Gasteiger partial charge on any atom is -0.506 e. The van der Waals surface area contributed by atoms with Gasteiger partial charge in [0.15, 0.2) is 0 Å². The van der Waals surface area contributed by atoms with Gasteiger partial charge in [-0.05, 0) is 49.1 Å². The molecule has 144 valence electrons. The average Bonchev–Trinajstić information content (AvgIpc) is 2.63. The number of hydrogen-bond acceptors (Lipinski definition) is 4. The Morgan fingerprint density at radius 2 is 1.81 bits per heavy atom. The van der Waals surface area contributed by atoms with Crippen LogP contribution < -0.4 is 10.0 Å². The highest BCUT2D eigenvalue weighted by molar-refractivity contribution is 7.92. The summed E-state index contributed by atoms with van der Waals surface area (Å²) in [7, 11) is -3.85. The smallest absolute Gasteiger partial charge is 0.262 e. The standard InChI is InChI=1S/C20H24N2O4S/c1-5-14(4)15-6-9-17(10-7-15)27(25,26)22-18-11-8-16(12-19(18)23)21-20(24)13(2)3/h6-12,14,22-23H,2,5H2,1,3-4H3,(H,21,24). The maximum atomic E-state index is 12.6. The van der Waals surface area contributed by atoms with E-state index in [0.717, 1.165) is 12.0 Å². The summed E-state index contributed by atoms with van der Waals surface area (Å²) in [6.07, 6.45) is 0.965. The number of amides is 1. The molecule has 27 heavy (non-hydrogen) atoms. The SMILES string of the molecule is C=C(C)C(=O)Nc1ccc(NS(=O)(=O)c2ccc(C(C)CC)cc2)c(O)c1. The first-order chi connectivity index (χ1) is 12.6. The number of nitrogens with one attached hydrogen (secondary N) is 2. The molecule has 1 unspecified atom stereocenters. The first kappa shape index (κ1) is 20.5. The number of carbonyl (C=O) groups excluding carboxylic acids is 1. The number of rotatable bonds is 7. The van der Waals surface area contributed by atoms with Crippen molar-refractivity contribution < 1.29 is 18.3 Å². The van der Waals surface area contributed by atoms with E-state index in [9.17, 15) is 18.3 Å². The van der Waals surface area contributed by atoms with E-state index in [1.54, 1.807) is 31.2 Å². The van der Waals surface area contributed by atoms with Crippen LogP contribution in [0.4, 0.5) is 11.4 Å². The van der Waals surface area contributed by atoms with Gasteiger partial charge in [-0.3, -0.25) is 9.52 Å². The number of hydrogen-bond donors (Lipinski definition) is 3. The Bertz CT molecular complexity index is 950. The molecule has 1 amide bonds. The van der Waals surface area contributed by atoms with Crippen molar-refractivity contribution in [2.24, 2.45) is 0 Å². The van der Waals surface area contributed by atoms with Crippen LogP contribution in [0.2, 0.25) is 0 Å². The summed E-state index contributed by atoms with van der Waals surface area (Å²) < 4.78 is 27.5. The third kappa shape index (κ3) is 5.10. The first-order valence-corrected chi connectivity index (χ1v) is 10.0. The number of anilines is 2. The lowest BCUT2D eigenvalue weighted by Crippen LogP contribution is -2.14. The summed E-state index contributed by atoms with van der Waals surface area (Å²) in [6, 6.07) is 10.8. The van der Waals surface area contributed by atoms with Crippen LogP contribution in [-0.4, -0.2) is 19.4 Å². The van der Waals surface area contributed by atoms with E-state index in [-0.39, 0.29) is 22.2 Å². The second kappa shape index (κ2) is 8.26. The molecule has 0 fully saturated rings. The minimum atomic E-state index is -3.85. The van der Waals surface area contributed by atoms with Crippen molar-refractivity contribution >= 4 is 27.3 Å². The fourth-order valence-corrected chi connectivity index (χ4v) is 3.42. The van der Waals surface area contributed by atoms with Crippen LogP contribution >= 0.6 is 0 Å². The molecule has 0 saturated carbocycles. The molecule has 0 aliphatic heterocycles. The molecule has 0 saturated heterocycles. The Hall–Kier alpha value is -2.80. The third-order valence-corrected chi connectivity index (χ3v) is 5.64. The van der Waals surface area contributed by atoms with Gasteiger partial charge in [0.2, 0.25) is 0 Å². The quantitative estimate of drug-likeness (QED) is 0.489. The van der Waals surface area contributed by atoms with Crippen LogP contribution in [0.5, 0.6) is 5.75 Å². The second-order valence-electron chi connectivity index (χ2n) is 6.45. The Kier molecular flexibility index (Phi) is 6.28. The number of benzene rings is 2. The van der Waals surface area contributed by atoms with E-state index in [1.807, 2.05) is 0 Å². The number of phenolic OH excluding ortho intramolecular Hbond substituents is 1. The van der Waals surface area contributed by atoms with E-state index in [0.29, 0.717) is 17.2 Å². The highest BCUT2D eigenvalue weighted by Gasteiger charge is 2.17. The zero-order valence-corrected chi connectivity index (χ0v) is 16.4. The summed E-state index contributed by atoms with van der Waals surface area (Å²) in [6.45, 7) is 9.24. The molecule has 2 aromatic rings. The summed E-state index contributed by atoms with van der Waals surface area (Å²) in [5.41, 5.74) is 1.74. The van der Waals surface area contributed by atoms with Crippen molar-refractivity contribution in [3.05, 3.63) is 60.2 Å². The van der Waals surface area contributed by atoms with Crippen molar-refractivity contribution in [2.45, 2.75) is 38.0 Å². The van der Waals surface area contributed by atoms with Crippen molar-refractivity contribution in [2.75, 3.05) is 10.0 Å². The predicted octanol–water partition coefficient (Wildman–Crippen LogP) is 4.22. The van der Waals surface area contributed by atoms with Gasteiger partial charge in [0.05, 0.1) is 10.6 Å². The number of phenols is 1. The average molecular weight is 388 g/mol. The van der Waals surface area contributed by atoms with E-state index in [1.165, 1.54) is 18.2 Å². The largest absolute Gasteiger partial charge is 0.506 e.